The molecule has 126 valence electrons. The smallest absolute Gasteiger partial charge is 0.355 e. The van der Waals surface area contributed by atoms with E-state index in [1.807, 2.05) is 0 Å². The molecule has 0 saturated carbocycles. The van der Waals surface area contributed by atoms with Crippen molar-refractivity contribution in [3.8, 4) is 0 Å². The number of anilines is 1. The lowest BCUT2D eigenvalue weighted by Gasteiger charge is -2.25. The first-order valence-electron chi connectivity index (χ1n) is 6.60. The van der Waals surface area contributed by atoms with Gasteiger partial charge in [0.25, 0.3) is 0 Å². The van der Waals surface area contributed by atoms with Gasteiger partial charge in [-0.05, 0) is 46.9 Å². The molecule has 0 aliphatic carbocycles. The van der Waals surface area contributed by atoms with Crippen LogP contribution in [0.2, 0.25) is 10.0 Å². The van der Waals surface area contributed by atoms with E-state index in [1.54, 1.807) is 30.5 Å². The Morgan fingerprint density at radius 3 is 2.17 bits per heavy atom. The van der Waals surface area contributed by atoms with Gasteiger partial charge in [0, 0.05) is 9.77 Å². The minimum atomic E-state index is -0.725. The fraction of sp³-hybridized carbons (Fsp3) is 0.125. The van der Waals surface area contributed by atoms with E-state index in [-0.39, 0.29) is 11.3 Å². The van der Waals surface area contributed by atoms with Crippen molar-refractivity contribution in [2.75, 3.05) is 19.1 Å². The average molecular weight is 480 g/mol. The highest BCUT2D eigenvalue weighted by molar-refractivity contribution is 14.1. The van der Waals surface area contributed by atoms with Crippen LogP contribution in [-0.2, 0) is 19.1 Å². The van der Waals surface area contributed by atoms with Crippen LogP contribution in [0.15, 0.2) is 47.8 Å². The van der Waals surface area contributed by atoms with Crippen LogP contribution in [0.4, 0.5) is 5.69 Å². The van der Waals surface area contributed by atoms with Gasteiger partial charge in [0.2, 0.25) is 0 Å². The number of allylic oxidation sites excluding steroid dienone is 2. The summed E-state index contributed by atoms with van der Waals surface area (Å²) in [6.45, 7) is 0. The molecule has 0 bridgehead atoms. The van der Waals surface area contributed by atoms with Crippen LogP contribution in [-0.4, -0.2) is 26.2 Å². The number of rotatable bonds is 3. The SMILES string of the molecule is COC(=O)C1=C(C(=O)OC)N(c2c(Cl)cc(I)cc2Cl)C=CC=C1. The maximum atomic E-state index is 12.3. The van der Waals surface area contributed by atoms with E-state index in [9.17, 15) is 9.59 Å². The Labute approximate surface area is 162 Å². The molecule has 0 saturated heterocycles. The van der Waals surface area contributed by atoms with Crippen LogP contribution in [0, 0.1) is 3.57 Å². The highest BCUT2D eigenvalue weighted by atomic mass is 127. The van der Waals surface area contributed by atoms with Gasteiger partial charge in [-0.15, -0.1) is 0 Å². The molecular weight excluding hydrogens is 468 g/mol. The van der Waals surface area contributed by atoms with E-state index in [0.717, 1.165) is 3.57 Å². The standard InChI is InChI=1S/C16H12Cl2INO4/c1-23-15(21)10-5-3-4-6-20(13(10)16(22)24-2)14-11(17)7-9(19)8-12(14)18/h3-8H,1-2H3. The van der Waals surface area contributed by atoms with Crippen molar-refractivity contribution in [1.29, 1.82) is 0 Å². The van der Waals surface area contributed by atoms with Crippen molar-refractivity contribution < 1.29 is 19.1 Å². The minimum absolute atomic E-state index is 0.0278. The Morgan fingerprint density at radius 1 is 1.04 bits per heavy atom. The van der Waals surface area contributed by atoms with Crippen LogP contribution >= 0.6 is 45.8 Å². The Balaban J connectivity index is 2.75. The maximum Gasteiger partial charge on any atom is 0.355 e. The topological polar surface area (TPSA) is 55.8 Å². The number of benzene rings is 1. The molecule has 0 radical (unpaired) electrons. The lowest BCUT2D eigenvalue weighted by atomic mass is 10.1. The van der Waals surface area contributed by atoms with Gasteiger partial charge in [-0.3, -0.25) is 0 Å². The molecule has 0 unspecified atom stereocenters. The molecule has 0 fully saturated rings. The number of ether oxygens (including phenoxy) is 2. The Bertz CT molecular complexity index is 763. The van der Waals surface area contributed by atoms with Crippen molar-refractivity contribution in [3.63, 3.8) is 0 Å². The van der Waals surface area contributed by atoms with Gasteiger partial charge in [-0.2, -0.15) is 0 Å². The third-order valence-corrected chi connectivity index (χ3v) is 4.31. The molecule has 0 N–H and O–H groups in total. The number of nitrogens with zero attached hydrogens (tertiary/aromatic N) is 1. The monoisotopic (exact) mass is 479 g/mol. The quantitative estimate of drug-likeness (QED) is 0.482. The van der Waals surface area contributed by atoms with Gasteiger partial charge >= 0.3 is 11.9 Å². The van der Waals surface area contributed by atoms with Crippen LogP contribution < -0.4 is 4.90 Å². The number of hydrogen-bond donors (Lipinski definition) is 0. The predicted octanol–water partition coefficient (Wildman–Crippen LogP) is 4.09. The molecule has 5 nitrogen and oxygen atoms in total. The summed E-state index contributed by atoms with van der Waals surface area (Å²) < 4.78 is 10.4. The van der Waals surface area contributed by atoms with Crippen molar-refractivity contribution >= 4 is 63.4 Å². The first-order valence-corrected chi connectivity index (χ1v) is 8.43. The largest absolute Gasteiger partial charge is 0.465 e. The molecule has 8 heteroatoms. The summed E-state index contributed by atoms with van der Waals surface area (Å²) in [5, 5.41) is 0.646. The van der Waals surface area contributed by atoms with E-state index >= 15 is 0 Å². The van der Waals surface area contributed by atoms with Gasteiger partial charge in [-0.1, -0.05) is 29.3 Å². The molecule has 0 amide bonds. The minimum Gasteiger partial charge on any atom is -0.465 e. The highest BCUT2D eigenvalue weighted by Gasteiger charge is 2.29. The third kappa shape index (κ3) is 3.76. The number of carbonyl (C=O) groups is 2. The molecule has 1 heterocycles. The summed E-state index contributed by atoms with van der Waals surface area (Å²) in [5.74, 6) is -1.41. The first kappa shape index (κ1) is 18.8. The summed E-state index contributed by atoms with van der Waals surface area (Å²) in [4.78, 5) is 25.8. The van der Waals surface area contributed by atoms with Crippen LogP contribution in [0.5, 0.6) is 0 Å². The van der Waals surface area contributed by atoms with Gasteiger partial charge in [-0.25, -0.2) is 9.59 Å². The van der Waals surface area contributed by atoms with Crippen molar-refractivity contribution in [2.45, 2.75) is 0 Å². The predicted molar refractivity (Wildman–Crippen MR) is 101 cm³/mol. The number of halogens is 3. The molecule has 0 atom stereocenters. The van der Waals surface area contributed by atoms with E-state index in [0.29, 0.717) is 15.7 Å². The number of hydrogen-bond acceptors (Lipinski definition) is 5. The van der Waals surface area contributed by atoms with Crippen LogP contribution in [0.3, 0.4) is 0 Å². The van der Waals surface area contributed by atoms with Gasteiger partial charge in [0.05, 0.1) is 35.5 Å². The van der Waals surface area contributed by atoms with Gasteiger partial charge in [0.1, 0.15) is 5.70 Å². The second kappa shape index (κ2) is 8.04. The first-order chi connectivity index (χ1) is 11.4. The zero-order chi connectivity index (χ0) is 17.9. The summed E-state index contributed by atoms with van der Waals surface area (Å²) in [6, 6.07) is 3.39. The molecule has 0 aromatic heterocycles. The summed E-state index contributed by atoms with van der Waals surface area (Å²) >= 11 is 14.7. The zero-order valence-electron chi connectivity index (χ0n) is 12.7. The maximum absolute atomic E-state index is 12.3. The van der Waals surface area contributed by atoms with Gasteiger partial charge < -0.3 is 14.4 Å². The van der Waals surface area contributed by atoms with Crippen LogP contribution in [0.25, 0.3) is 0 Å². The van der Waals surface area contributed by atoms with E-state index < -0.39 is 11.9 Å². The van der Waals surface area contributed by atoms with Gasteiger partial charge in [0.15, 0.2) is 0 Å². The lowest BCUT2D eigenvalue weighted by Crippen LogP contribution is -2.27. The number of carbonyl (C=O) groups excluding carboxylic acids is 2. The molecular formula is C16H12Cl2INO4. The summed E-state index contributed by atoms with van der Waals surface area (Å²) in [7, 11) is 2.45. The zero-order valence-corrected chi connectivity index (χ0v) is 16.3. The molecule has 1 aliphatic rings. The normalized spacial score (nSPS) is 13.8. The molecule has 2 rings (SSSR count). The average Bonchev–Trinajstić information content (AvgIpc) is 2.75. The van der Waals surface area contributed by atoms with Crippen molar-refractivity contribution in [2.24, 2.45) is 0 Å². The summed E-state index contributed by atoms with van der Waals surface area (Å²) in [6.07, 6.45) is 6.27. The lowest BCUT2D eigenvalue weighted by molar-refractivity contribution is -0.139. The Morgan fingerprint density at radius 2 is 1.62 bits per heavy atom. The van der Waals surface area contributed by atoms with Crippen molar-refractivity contribution in [3.05, 3.63) is 61.4 Å². The third-order valence-electron chi connectivity index (χ3n) is 3.11. The number of methoxy groups -OCH3 is 2. The number of esters is 2. The Kier molecular flexibility index (Phi) is 6.31. The second-order valence-electron chi connectivity index (χ2n) is 4.53. The molecule has 24 heavy (non-hydrogen) atoms. The fourth-order valence-electron chi connectivity index (χ4n) is 2.10. The van der Waals surface area contributed by atoms with Crippen molar-refractivity contribution in [1.82, 2.24) is 0 Å². The Hall–Kier alpha value is -1.51. The molecule has 1 aliphatic heterocycles. The fourth-order valence-corrected chi connectivity index (χ4v) is 3.76. The molecule has 1 aromatic rings. The van der Waals surface area contributed by atoms with Crippen LogP contribution in [0.1, 0.15) is 0 Å². The summed E-state index contributed by atoms with van der Waals surface area (Å²) in [5.41, 5.74) is 0.347. The van der Waals surface area contributed by atoms with E-state index in [1.165, 1.54) is 25.2 Å². The second-order valence-corrected chi connectivity index (χ2v) is 6.59. The van der Waals surface area contributed by atoms with E-state index in [2.05, 4.69) is 22.6 Å². The molecule has 0 spiro atoms. The highest BCUT2D eigenvalue weighted by Crippen LogP contribution is 2.39. The van der Waals surface area contributed by atoms with E-state index in [4.69, 9.17) is 32.7 Å². The molecule has 1 aromatic carbocycles.